The highest BCUT2D eigenvalue weighted by Gasteiger charge is 2.15. The van der Waals surface area contributed by atoms with Gasteiger partial charge in [-0.15, -0.1) is 0 Å². The minimum Gasteiger partial charge on any atom is -0.478 e. The predicted molar refractivity (Wildman–Crippen MR) is 69.4 cm³/mol. The molecule has 0 aliphatic rings. The van der Waals surface area contributed by atoms with Gasteiger partial charge in [-0.05, 0) is 24.8 Å². The lowest BCUT2D eigenvalue weighted by atomic mass is 10.1. The second-order valence-corrected chi connectivity index (χ2v) is 5.01. The van der Waals surface area contributed by atoms with Crippen LogP contribution in [0, 0.1) is 5.82 Å². The number of nitrogens with one attached hydrogen (secondary N) is 1. The van der Waals surface area contributed by atoms with Crippen LogP contribution in [-0.2, 0) is 0 Å². The summed E-state index contributed by atoms with van der Waals surface area (Å²) >= 11 is 1.74. The van der Waals surface area contributed by atoms with Crippen molar-refractivity contribution in [3.05, 3.63) is 29.6 Å². The van der Waals surface area contributed by atoms with Crippen LogP contribution in [0.25, 0.3) is 0 Å². The minimum absolute atomic E-state index is 0.288. The van der Waals surface area contributed by atoms with E-state index in [4.69, 9.17) is 5.11 Å². The van der Waals surface area contributed by atoms with Crippen LogP contribution >= 0.6 is 11.8 Å². The Morgan fingerprint density at radius 2 is 2.29 bits per heavy atom. The normalized spacial score (nSPS) is 12.2. The number of carboxylic acid groups (broad SMARTS) is 1. The number of thioether (sulfide) groups is 1. The molecule has 1 unspecified atom stereocenters. The van der Waals surface area contributed by atoms with Crippen molar-refractivity contribution < 1.29 is 14.3 Å². The molecule has 0 aromatic heterocycles. The van der Waals surface area contributed by atoms with E-state index >= 15 is 0 Å². The number of rotatable bonds is 6. The van der Waals surface area contributed by atoms with Crippen molar-refractivity contribution >= 4 is 23.4 Å². The third kappa shape index (κ3) is 3.93. The summed E-state index contributed by atoms with van der Waals surface area (Å²) in [5, 5.41) is 12.4. The van der Waals surface area contributed by atoms with Crippen LogP contribution in [0.4, 0.5) is 10.1 Å². The standard InChI is InChI=1S/C12H16FNO2S/c1-8(17-2)6-7-14-10-5-3-4-9(13)11(10)12(15)16/h3-5,8,14H,6-7H2,1-2H3,(H,15,16). The number of hydrogen-bond acceptors (Lipinski definition) is 3. The molecule has 0 saturated carbocycles. The quantitative estimate of drug-likeness (QED) is 0.822. The van der Waals surface area contributed by atoms with Gasteiger partial charge >= 0.3 is 5.97 Å². The zero-order valence-corrected chi connectivity index (χ0v) is 10.7. The Morgan fingerprint density at radius 1 is 1.59 bits per heavy atom. The lowest BCUT2D eigenvalue weighted by molar-refractivity contribution is 0.0693. The molecule has 94 valence electrons. The lowest BCUT2D eigenvalue weighted by Crippen LogP contribution is -2.12. The van der Waals surface area contributed by atoms with Crippen molar-refractivity contribution in [2.45, 2.75) is 18.6 Å². The maximum atomic E-state index is 13.3. The van der Waals surface area contributed by atoms with Crippen LogP contribution < -0.4 is 5.32 Å². The van der Waals surface area contributed by atoms with Gasteiger partial charge in [0.25, 0.3) is 0 Å². The molecule has 17 heavy (non-hydrogen) atoms. The summed E-state index contributed by atoms with van der Waals surface area (Å²) in [4.78, 5) is 10.9. The van der Waals surface area contributed by atoms with Crippen LogP contribution in [0.2, 0.25) is 0 Å². The number of aromatic carboxylic acids is 1. The van der Waals surface area contributed by atoms with E-state index < -0.39 is 11.8 Å². The molecule has 0 radical (unpaired) electrons. The minimum atomic E-state index is -1.25. The summed E-state index contributed by atoms with van der Waals surface area (Å²) < 4.78 is 13.3. The van der Waals surface area contributed by atoms with E-state index in [1.54, 1.807) is 17.8 Å². The fraction of sp³-hybridized carbons (Fsp3) is 0.417. The first kappa shape index (κ1) is 13.8. The van der Waals surface area contributed by atoms with Crippen molar-refractivity contribution in [1.82, 2.24) is 0 Å². The second kappa shape index (κ2) is 6.49. The van der Waals surface area contributed by atoms with Gasteiger partial charge in [0.2, 0.25) is 0 Å². The SMILES string of the molecule is CSC(C)CCNc1cccc(F)c1C(=O)O. The Morgan fingerprint density at radius 3 is 2.88 bits per heavy atom. The summed E-state index contributed by atoms with van der Waals surface area (Å²) in [5.41, 5.74) is 0.0510. The highest BCUT2D eigenvalue weighted by molar-refractivity contribution is 7.99. The van der Waals surface area contributed by atoms with Crippen molar-refractivity contribution in [1.29, 1.82) is 0 Å². The zero-order valence-electron chi connectivity index (χ0n) is 9.87. The maximum absolute atomic E-state index is 13.3. The van der Waals surface area contributed by atoms with Gasteiger partial charge in [0.05, 0.1) is 5.69 Å². The molecule has 0 aliphatic carbocycles. The molecule has 1 rings (SSSR count). The lowest BCUT2D eigenvalue weighted by Gasteiger charge is -2.12. The second-order valence-electron chi connectivity index (χ2n) is 3.73. The van der Waals surface area contributed by atoms with Gasteiger partial charge in [0, 0.05) is 11.8 Å². The Balaban J connectivity index is 2.71. The molecule has 0 bridgehead atoms. The highest BCUT2D eigenvalue weighted by atomic mass is 32.2. The highest BCUT2D eigenvalue weighted by Crippen LogP contribution is 2.19. The van der Waals surface area contributed by atoms with Gasteiger partial charge in [-0.25, -0.2) is 9.18 Å². The molecular weight excluding hydrogens is 241 g/mol. The number of carbonyl (C=O) groups is 1. The van der Waals surface area contributed by atoms with Crippen LogP contribution in [0.15, 0.2) is 18.2 Å². The molecule has 3 nitrogen and oxygen atoms in total. The molecule has 0 saturated heterocycles. The molecular formula is C12H16FNO2S. The van der Waals surface area contributed by atoms with Crippen LogP contribution in [0.5, 0.6) is 0 Å². The average molecular weight is 257 g/mol. The van der Waals surface area contributed by atoms with Crippen LogP contribution in [0.3, 0.4) is 0 Å². The van der Waals surface area contributed by atoms with Gasteiger partial charge in [-0.1, -0.05) is 13.0 Å². The fourth-order valence-electron chi connectivity index (χ4n) is 1.42. The smallest absolute Gasteiger partial charge is 0.340 e. The summed E-state index contributed by atoms with van der Waals surface area (Å²) in [6, 6.07) is 4.23. The number of carboxylic acids is 1. The largest absolute Gasteiger partial charge is 0.478 e. The maximum Gasteiger partial charge on any atom is 0.340 e. The molecule has 0 spiro atoms. The molecule has 0 fully saturated rings. The molecule has 2 N–H and O–H groups in total. The molecule has 5 heteroatoms. The van der Waals surface area contributed by atoms with Gasteiger partial charge in [-0.3, -0.25) is 0 Å². The van der Waals surface area contributed by atoms with Gasteiger partial charge < -0.3 is 10.4 Å². The number of hydrogen-bond donors (Lipinski definition) is 2. The monoisotopic (exact) mass is 257 g/mol. The molecule has 0 amide bonds. The van der Waals surface area contributed by atoms with E-state index in [1.807, 2.05) is 6.26 Å². The summed E-state index contributed by atoms with van der Waals surface area (Å²) in [5.74, 6) is -1.95. The molecule has 1 aromatic rings. The summed E-state index contributed by atoms with van der Waals surface area (Å²) in [7, 11) is 0. The van der Waals surface area contributed by atoms with E-state index in [-0.39, 0.29) is 5.56 Å². The average Bonchev–Trinajstić information content (AvgIpc) is 2.28. The topological polar surface area (TPSA) is 49.3 Å². The molecule has 1 aromatic carbocycles. The van der Waals surface area contributed by atoms with Gasteiger partial charge in [-0.2, -0.15) is 11.8 Å². The van der Waals surface area contributed by atoms with E-state index in [2.05, 4.69) is 12.2 Å². The van der Waals surface area contributed by atoms with Gasteiger partial charge in [0.1, 0.15) is 11.4 Å². The molecule has 1 atom stereocenters. The Kier molecular flexibility index (Phi) is 5.28. The number of benzene rings is 1. The van der Waals surface area contributed by atoms with Crippen molar-refractivity contribution in [2.24, 2.45) is 0 Å². The van der Waals surface area contributed by atoms with E-state index in [0.29, 0.717) is 17.5 Å². The first-order valence-corrected chi connectivity index (χ1v) is 6.63. The third-order valence-corrected chi connectivity index (χ3v) is 3.54. The van der Waals surface area contributed by atoms with Crippen LogP contribution in [0.1, 0.15) is 23.7 Å². The summed E-state index contributed by atoms with van der Waals surface area (Å²) in [6.07, 6.45) is 2.92. The zero-order chi connectivity index (χ0) is 12.8. The fourth-order valence-corrected chi connectivity index (χ4v) is 1.77. The Hall–Kier alpha value is -1.23. The van der Waals surface area contributed by atoms with Crippen molar-refractivity contribution in [2.75, 3.05) is 18.1 Å². The Labute approximate surface area is 104 Å². The van der Waals surface area contributed by atoms with Crippen molar-refractivity contribution in [3.63, 3.8) is 0 Å². The first-order valence-electron chi connectivity index (χ1n) is 5.34. The van der Waals surface area contributed by atoms with Crippen LogP contribution in [-0.4, -0.2) is 29.1 Å². The van der Waals surface area contributed by atoms with Gasteiger partial charge in [0.15, 0.2) is 0 Å². The van der Waals surface area contributed by atoms with Crippen molar-refractivity contribution in [3.8, 4) is 0 Å². The van der Waals surface area contributed by atoms with E-state index in [0.717, 1.165) is 12.5 Å². The number of anilines is 1. The summed E-state index contributed by atoms with van der Waals surface area (Å²) in [6.45, 7) is 2.72. The van der Waals surface area contributed by atoms with E-state index in [1.165, 1.54) is 6.07 Å². The third-order valence-electron chi connectivity index (χ3n) is 2.50. The first-order chi connectivity index (χ1) is 8.06. The van der Waals surface area contributed by atoms with E-state index in [9.17, 15) is 9.18 Å². The number of halogens is 1. The predicted octanol–water partition coefficient (Wildman–Crippen LogP) is 3.08. The molecule has 0 heterocycles. The molecule has 0 aliphatic heterocycles. The Bertz CT molecular complexity index is 398.